The summed E-state index contributed by atoms with van der Waals surface area (Å²) >= 11 is 6.45. The summed E-state index contributed by atoms with van der Waals surface area (Å²) in [6, 6.07) is 7.88. The number of aromatic nitrogens is 2. The molecule has 1 aliphatic heterocycles. The lowest BCUT2D eigenvalue weighted by Gasteiger charge is -2.30. The summed E-state index contributed by atoms with van der Waals surface area (Å²) in [7, 11) is 1.60. The van der Waals surface area contributed by atoms with Crippen molar-refractivity contribution in [2.75, 3.05) is 20.2 Å². The third kappa shape index (κ3) is 6.05. The molecule has 1 saturated heterocycles. The molecule has 2 aromatic heterocycles. The molecule has 174 valence electrons. The molecular formula is C25H27ClF2N4O. The van der Waals surface area contributed by atoms with E-state index in [1.807, 2.05) is 12.1 Å². The van der Waals surface area contributed by atoms with E-state index in [0.29, 0.717) is 29.5 Å². The molecule has 4 rings (SSSR count). The van der Waals surface area contributed by atoms with E-state index in [1.54, 1.807) is 25.4 Å². The molecule has 0 spiro atoms. The van der Waals surface area contributed by atoms with Crippen LogP contribution < -0.4 is 15.4 Å². The molecule has 8 heteroatoms. The van der Waals surface area contributed by atoms with Gasteiger partial charge in [-0.15, -0.1) is 0 Å². The lowest BCUT2D eigenvalue weighted by atomic mass is 9.95. The minimum Gasteiger partial charge on any atom is -0.481 e. The van der Waals surface area contributed by atoms with Crippen LogP contribution in [-0.4, -0.2) is 42.3 Å². The second kappa shape index (κ2) is 11.0. The summed E-state index contributed by atoms with van der Waals surface area (Å²) in [6.07, 6.45) is 8.94. The Morgan fingerprint density at radius 2 is 2.12 bits per heavy atom. The number of aryl methyl sites for hydroxylation is 1. The van der Waals surface area contributed by atoms with Crippen LogP contribution >= 0.6 is 11.6 Å². The molecule has 0 bridgehead atoms. The Morgan fingerprint density at radius 1 is 1.24 bits per heavy atom. The van der Waals surface area contributed by atoms with Crippen LogP contribution in [0.15, 0.2) is 42.6 Å². The highest BCUT2D eigenvalue weighted by molar-refractivity contribution is 6.32. The maximum absolute atomic E-state index is 13.7. The van der Waals surface area contributed by atoms with Crippen LogP contribution in [0.5, 0.6) is 5.88 Å². The zero-order valence-electron chi connectivity index (χ0n) is 18.5. The standard InChI is InChI=1S/C25H27ClF2N4O/c1-33-24-11-10-23-25(32-24)20(21(26)15-31-23)8-7-18-5-6-19(14-30-18)29-12-2-3-16-13-17(27)4-9-22(16)28/h2-4,9-11,13,15,18-19,29-30H,5-8,12,14H2,1H3/b3-2+/t18-,19+/m1/s1. The van der Waals surface area contributed by atoms with Gasteiger partial charge in [0.1, 0.15) is 11.6 Å². The normalized spacial score (nSPS) is 18.8. The van der Waals surface area contributed by atoms with E-state index < -0.39 is 11.6 Å². The number of benzene rings is 1. The molecule has 33 heavy (non-hydrogen) atoms. The average Bonchev–Trinajstić information content (AvgIpc) is 2.83. The highest BCUT2D eigenvalue weighted by Crippen LogP contribution is 2.27. The van der Waals surface area contributed by atoms with Gasteiger partial charge < -0.3 is 15.4 Å². The van der Waals surface area contributed by atoms with Gasteiger partial charge in [-0.25, -0.2) is 13.8 Å². The first-order chi connectivity index (χ1) is 16.0. The Bertz CT molecular complexity index is 1130. The SMILES string of the molecule is COc1ccc2ncc(Cl)c(CC[C@H]3CC[C@H](NC/C=C/c4cc(F)ccc4F)CN3)c2n1. The van der Waals surface area contributed by atoms with E-state index in [2.05, 4.69) is 20.6 Å². The Kier molecular flexibility index (Phi) is 7.85. The van der Waals surface area contributed by atoms with Crippen LogP contribution in [0.4, 0.5) is 8.78 Å². The lowest BCUT2D eigenvalue weighted by Crippen LogP contribution is -2.48. The van der Waals surface area contributed by atoms with Crippen molar-refractivity contribution >= 4 is 28.7 Å². The molecule has 0 aliphatic carbocycles. The van der Waals surface area contributed by atoms with Crippen LogP contribution in [0, 0.1) is 11.6 Å². The lowest BCUT2D eigenvalue weighted by molar-refractivity contribution is 0.321. The number of hydrogen-bond acceptors (Lipinski definition) is 5. The summed E-state index contributed by atoms with van der Waals surface area (Å²) in [5.41, 5.74) is 2.85. The number of nitrogens with zero attached hydrogens (tertiary/aromatic N) is 2. The largest absolute Gasteiger partial charge is 0.481 e. The Morgan fingerprint density at radius 3 is 2.91 bits per heavy atom. The monoisotopic (exact) mass is 472 g/mol. The van der Waals surface area contributed by atoms with Crippen LogP contribution in [0.25, 0.3) is 17.1 Å². The molecule has 1 aromatic carbocycles. The highest BCUT2D eigenvalue weighted by atomic mass is 35.5. The van der Waals surface area contributed by atoms with Gasteiger partial charge in [0.25, 0.3) is 0 Å². The van der Waals surface area contributed by atoms with Gasteiger partial charge >= 0.3 is 0 Å². The molecule has 0 unspecified atom stereocenters. The number of pyridine rings is 2. The first-order valence-electron chi connectivity index (χ1n) is 11.1. The summed E-state index contributed by atoms with van der Waals surface area (Å²) in [4.78, 5) is 8.92. The fourth-order valence-electron chi connectivity index (χ4n) is 4.15. The van der Waals surface area contributed by atoms with E-state index >= 15 is 0 Å². The zero-order chi connectivity index (χ0) is 23.2. The number of halogens is 3. The second-order valence-electron chi connectivity index (χ2n) is 8.20. The summed E-state index contributed by atoms with van der Waals surface area (Å²) in [5.74, 6) is -0.320. The Balaban J connectivity index is 1.26. The van der Waals surface area contributed by atoms with Crippen LogP contribution in [0.2, 0.25) is 5.02 Å². The van der Waals surface area contributed by atoms with Gasteiger partial charge in [0, 0.05) is 48.6 Å². The van der Waals surface area contributed by atoms with Gasteiger partial charge in [-0.1, -0.05) is 23.8 Å². The van der Waals surface area contributed by atoms with Gasteiger partial charge in [0.2, 0.25) is 5.88 Å². The van der Waals surface area contributed by atoms with E-state index in [1.165, 1.54) is 6.07 Å². The van der Waals surface area contributed by atoms with Crippen molar-refractivity contribution in [1.82, 2.24) is 20.6 Å². The first-order valence-corrected chi connectivity index (χ1v) is 11.5. The van der Waals surface area contributed by atoms with Gasteiger partial charge in [-0.3, -0.25) is 4.98 Å². The molecular weight excluding hydrogens is 446 g/mol. The fourth-order valence-corrected chi connectivity index (χ4v) is 4.38. The molecule has 0 saturated carbocycles. The van der Waals surface area contributed by atoms with Crippen molar-refractivity contribution in [2.24, 2.45) is 0 Å². The van der Waals surface area contributed by atoms with Crippen molar-refractivity contribution in [3.05, 3.63) is 70.4 Å². The van der Waals surface area contributed by atoms with Crippen LogP contribution in [0.3, 0.4) is 0 Å². The van der Waals surface area contributed by atoms with Gasteiger partial charge in [0.05, 0.1) is 23.2 Å². The number of hydrogen-bond donors (Lipinski definition) is 2. The third-order valence-corrected chi connectivity index (χ3v) is 6.31. The van der Waals surface area contributed by atoms with Gasteiger partial charge in [-0.05, 0) is 49.9 Å². The number of fused-ring (bicyclic) bond motifs is 1. The van der Waals surface area contributed by atoms with E-state index in [-0.39, 0.29) is 5.56 Å². The first kappa shape index (κ1) is 23.5. The highest BCUT2D eigenvalue weighted by Gasteiger charge is 2.21. The predicted molar refractivity (Wildman–Crippen MR) is 128 cm³/mol. The number of rotatable bonds is 8. The zero-order valence-corrected chi connectivity index (χ0v) is 19.2. The topological polar surface area (TPSA) is 59.1 Å². The second-order valence-corrected chi connectivity index (χ2v) is 8.61. The van der Waals surface area contributed by atoms with E-state index in [0.717, 1.165) is 61.0 Å². The Labute approximate surface area is 197 Å². The van der Waals surface area contributed by atoms with Crippen LogP contribution in [-0.2, 0) is 6.42 Å². The fraction of sp³-hybridized carbons (Fsp3) is 0.360. The van der Waals surface area contributed by atoms with Crippen molar-refractivity contribution in [2.45, 2.75) is 37.8 Å². The maximum atomic E-state index is 13.7. The number of piperidine rings is 1. The molecule has 0 amide bonds. The molecule has 0 radical (unpaired) electrons. The third-order valence-electron chi connectivity index (χ3n) is 5.99. The van der Waals surface area contributed by atoms with Crippen molar-refractivity contribution in [1.29, 1.82) is 0 Å². The van der Waals surface area contributed by atoms with Gasteiger partial charge in [0.15, 0.2) is 0 Å². The quantitative estimate of drug-likeness (QED) is 0.487. The molecule has 2 N–H and O–H groups in total. The number of methoxy groups -OCH3 is 1. The van der Waals surface area contributed by atoms with E-state index in [9.17, 15) is 8.78 Å². The van der Waals surface area contributed by atoms with Crippen LogP contribution in [0.1, 0.15) is 30.4 Å². The average molecular weight is 473 g/mol. The number of nitrogens with one attached hydrogen (secondary N) is 2. The minimum atomic E-state index is -0.442. The minimum absolute atomic E-state index is 0.257. The Hall–Kier alpha value is -2.61. The molecule has 3 aromatic rings. The van der Waals surface area contributed by atoms with Crippen molar-refractivity contribution in [3.63, 3.8) is 0 Å². The molecule has 5 nitrogen and oxygen atoms in total. The number of ether oxygens (including phenoxy) is 1. The maximum Gasteiger partial charge on any atom is 0.213 e. The molecule has 2 atom stereocenters. The van der Waals surface area contributed by atoms with Gasteiger partial charge in [-0.2, -0.15) is 0 Å². The molecule has 1 aliphatic rings. The summed E-state index contributed by atoms with van der Waals surface area (Å²) in [5, 5.41) is 7.68. The van der Waals surface area contributed by atoms with Crippen molar-refractivity contribution in [3.8, 4) is 5.88 Å². The smallest absolute Gasteiger partial charge is 0.213 e. The van der Waals surface area contributed by atoms with E-state index in [4.69, 9.17) is 16.3 Å². The molecule has 3 heterocycles. The summed E-state index contributed by atoms with van der Waals surface area (Å²) in [6.45, 7) is 1.45. The molecule has 1 fully saturated rings. The predicted octanol–water partition coefficient (Wildman–Crippen LogP) is 4.93. The van der Waals surface area contributed by atoms with Crippen molar-refractivity contribution < 1.29 is 13.5 Å². The summed E-state index contributed by atoms with van der Waals surface area (Å²) < 4.78 is 32.2.